The van der Waals surface area contributed by atoms with Gasteiger partial charge in [0.2, 0.25) is 10.0 Å². The smallest absolute Gasteiger partial charge is 0.348 e. The Hall–Kier alpha value is -2.27. The van der Waals surface area contributed by atoms with Crippen molar-refractivity contribution in [3.8, 4) is 0 Å². The lowest BCUT2D eigenvalue weighted by Gasteiger charge is -2.26. The van der Waals surface area contributed by atoms with Crippen LogP contribution in [-0.4, -0.2) is 57.5 Å². The number of carbonyl (C=O) groups is 2. The Kier molecular flexibility index (Phi) is 6.45. The molecule has 1 aliphatic heterocycles. The Morgan fingerprint density at radius 1 is 1.21 bits per heavy atom. The van der Waals surface area contributed by atoms with Gasteiger partial charge in [-0.25, -0.2) is 13.2 Å². The predicted molar refractivity (Wildman–Crippen MR) is 104 cm³/mol. The van der Waals surface area contributed by atoms with Gasteiger partial charge < -0.3 is 14.8 Å². The van der Waals surface area contributed by atoms with Gasteiger partial charge in [-0.1, -0.05) is 6.07 Å². The second-order valence-corrected chi connectivity index (χ2v) is 9.30. The van der Waals surface area contributed by atoms with E-state index < -0.39 is 28.5 Å². The standard InChI is InChI=1S/C18H20N2O6S2/c1-13-5-6-16(27-13)18(22)26-12-17(21)19-14-3-2-4-15(11-14)28(23,24)20-7-9-25-10-8-20/h2-6,11H,7-10,12H2,1H3,(H,19,21). The van der Waals surface area contributed by atoms with Gasteiger partial charge in [-0.05, 0) is 37.3 Å². The van der Waals surface area contributed by atoms with E-state index in [0.29, 0.717) is 23.8 Å². The summed E-state index contributed by atoms with van der Waals surface area (Å²) < 4.78 is 36.9. The number of thiophene rings is 1. The number of esters is 1. The second-order valence-electron chi connectivity index (χ2n) is 6.08. The van der Waals surface area contributed by atoms with Crippen LogP contribution in [-0.2, 0) is 24.3 Å². The van der Waals surface area contributed by atoms with Gasteiger partial charge in [-0.2, -0.15) is 4.31 Å². The summed E-state index contributed by atoms with van der Waals surface area (Å²) in [4.78, 5) is 25.4. The van der Waals surface area contributed by atoms with Gasteiger partial charge in [-0.15, -0.1) is 11.3 Å². The molecule has 8 nitrogen and oxygen atoms in total. The molecular formula is C18H20N2O6S2. The molecule has 0 radical (unpaired) electrons. The minimum Gasteiger partial charge on any atom is -0.451 e. The number of hydrogen-bond acceptors (Lipinski definition) is 7. The number of amides is 1. The van der Waals surface area contributed by atoms with Crippen molar-refractivity contribution in [3.05, 3.63) is 46.2 Å². The molecule has 3 rings (SSSR count). The Bertz CT molecular complexity index is 964. The van der Waals surface area contributed by atoms with E-state index in [1.165, 1.54) is 27.8 Å². The Labute approximate surface area is 167 Å². The van der Waals surface area contributed by atoms with Gasteiger partial charge in [0, 0.05) is 23.7 Å². The maximum atomic E-state index is 12.7. The van der Waals surface area contributed by atoms with Crippen molar-refractivity contribution in [1.82, 2.24) is 4.31 Å². The zero-order valence-corrected chi connectivity index (χ0v) is 16.8. The van der Waals surface area contributed by atoms with Crippen molar-refractivity contribution in [1.29, 1.82) is 0 Å². The van der Waals surface area contributed by atoms with Crippen LogP contribution in [0.4, 0.5) is 5.69 Å². The van der Waals surface area contributed by atoms with Gasteiger partial charge in [0.05, 0.1) is 18.1 Å². The first-order valence-electron chi connectivity index (χ1n) is 8.57. The van der Waals surface area contributed by atoms with E-state index >= 15 is 0 Å². The number of carbonyl (C=O) groups excluding carboxylic acids is 2. The third-order valence-corrected chi connectivity index (χ3v) is 6.88. The summed E-state index contributed by atoms with van der Waals surface area (Å²) in [5.74, 6) is -1.13. The Morgan fingerprint density at radius 3 is 2.64 bits per heavy atom. The molecule has 0 bridgehead atoms. The molecule has 150 valence electrons. The van der Waals surface area contributed by atoms with Crippen LogP contribution in [0.25, 0.3) is 0 Å². The first-order chi connectivity index (χ1) is 13.4. The predicted octanol–water partition coefficient (Wildman–Crippen LogP) is 1.87. The summed E-state index contributed by atoms with van der Waals surface area (Å²) in [6, 6.07) is 9.40. The molecule has 0 atom stereocenters. The van der Waals surface area contributed by atoms with Crippen LogP contribution < -0.4 is 5.32 Å². The first kappa shape index (κ1) is 20.5. The number of nitrogens with one attached hydrogen (secondary N) is 1. The minimum absolute atomic E-state index is 0.0817. The number of nitrogens with zero attached hydrogens (tertiary/aromatic N) is 1. The molecule has 1 aromatic carbocycles. The van der Waals surface area contributed by atoms with Crippen molar-refractivity contribution in [2.75, 3.05) is 38.2 Å². The molecule has 28 heavy (non-hydrogen) atoms. The molecule has 0 unspecified atom stereocenters. The van der Waals surface area contributed by atoms with Gasteiger partial charge in [0.25, 0.3) is 5.91 Å². The van der Waals surface area contributed by atoms with Gasteiger partial charge in [0.1, 0.15) is 4.88 Å². The lowest BCUT2D eigenvalue weighted by molar-refractivity contribution is -0.119. The summed E-state index contributed by atoms with van der Waals surface area (Å²) >= 11 is 1.28. The quantitative estimate of drug-likeness (QED) is 0.711. The van der Waals surface area contributed by atoms with Crippen molar-refractivity contribution >= 4 is 38.9 Å². The Balaban J connectivity index is 1.60. The molecule has 0 spiro atoms. The fraction of sp³-hybridized carbons (Fsp3) is 0.333. The molecule has 1 fully saturated rings. The number of ether oxygens (including phenoxy) is 2. The van der Waals surface area contributed by atoms with Crippen LogP contribution in [0, 0.1) is 6.92 Å². The highest BCUT2D eigenvalue weighted by atomic mass is 32.2. The van der Waals surface area contributed by atoms with Gasteiger partial charge in [-0.3, -0.25) is 4.79 Å². The van der Waals surface area contributed by atoms with Crippen LogP contribution in [0.15, 0.2) is 41.3 Å². The molecule has 0 saturated carbocycles. The highest BCUT2D eigenvalue weighted by Crippen LogP contribution is 2.21. The van der Waals surface area contributed by atoms with E-state index in [9.17, 15) is 18.0 Å². The molecule has 1 aliphatic rings. The highest BCUT2D eigenvalue weighted by Gasteiger charge is 2.26. The van der Waals surface area contributed by atoms with Crippen molar-refractivity contribution in [2.45, 2.75) is 11.8 Å². The molecule has 1 amide bonds. The summed E-state index contributed by atoms with van der Waals surface area (Å²) in [6.45, 7) is 2.69. The molecule has 1 aromatic heterocycles. The zero-order valence-electron chi connectivity index (χ0n) is 15.2. The minimum atomic E-state index is -3.66. The van der Waals surface area contributed by atoms with Crippen molar-refractivity contribution < 1.29 is 27.5 Å². The Morgan fingerprint density at radius 2 is 1.96 bits per heavy atom. The summed E-state index contributed by atoms with van der Waals surface area (Å²) in [5, 5.41) is 2.55. The number of hydrogen-bond donors (Lipinski definition) is 1. The molecule has 10 heteroatoms. The van der Waals surface area contributed by atoms with Crippen molar-refractivity contribution in [2.24, 2.45) is 0 Å². The number of aryl methyl sites for hydroxylation is 1. The fourth-order valence-corrected chi connectivity index (χ4v) is 4.83. The zero-order chi connectivity index (χ0) is 20.1. The van der Waals surface area contributed by atoms with E-state index in [1.807, 2.05) is 6.92 Å². The van der Waals surface area contributed by atoms with Gasteiger partial charge in [0.15, 0.2) is 6.61 Å². The molecule has 1 saturated heterocycles. The van der Waals surface area contributed by atoms with Crippen LogP contribution >= 0.6 is 11.3 Å². The van der Waals surface area contributed by atoms with E-state index in [1.54, 1.807) is 24.3 Å². The lowest BCUT2D eigenvalue weighted by atomic mass is 10.3. The summed E-state index contributed by atoms with van der Waals surface area (Å²) in [6.07, 6.45) is 0. The third-order valence-electron chi connectivity index (χ3n) is 4.00. The topological polar surface area (TPSA) is 102 Å². The van der Waals surface area contributed by atoms with E-state index in [4.69, 9.17) is 9.47 Å². The SMILES string of the molecule is Cc1ccc(C(=O)OCC(=O)Nc2cccc(S(=O)(=O)N3CCOCC3)c2)s1. The van der Waals surface area contributed by atoms with Crippen LogP contribution in [0.3, 0.4) is 0 Å². The maximum Gasteiger partial charge on any atom is 0.348 e. The first-order valence-corrected chi connectivity index (χ1v) is 10.8. The lowest BCUT2D eigenvalue weighted by Crippen LogP contribution is -2.40. The molecule has 1 N–H and O–H groups in total. The van der Waals surface area contributed by atoms with Crippen LogP contribution in [0.5, 0.6) is 0 Å². The highest BCUT2D eigenvalue weighted by molar-refractivity contribution is 7.89. The number of rotatable bonds is 6. The normalized spacial score (nSPS) is 15.2. The average Bonchev–Trinajstić information content (AvgIpc) is 3.13. The largest absolute Gasteiger partial charge is 0.451 e. The van der Waals surface area contributed by atoms with E-state index in [0.717, 1.165) is 4.88 Å². The number of anilines is 1. The maximum absolute atomic E-state index is 12.7. The number of sulfonamides is 1. The summed E-state index contributed by atoms with van der Waals surface area (Å²) in [7, 11) is -3.66. The van der Waals surface area contributed by atoms with Crippen molar-refractivity contribution in [3.63, 3.8) is 0 Å². The van der Waals surface area contributed by atoms with Crippen LogP contribution in [0.2, 0.25) is 0 Å². The number of benzene rings is 1. The summed E-state index contributed by atoms with van der Waals surface area (Å²) in [5.41, 5.74) is 0.308. The van der Waals surface area contributed by atoms with Gasteiger partial charge >= 0.3 is 5.97 Å². The molecular weight excluding hydrogens is 404 g/mol. The fourth-order valence-electron chi connectivity index (χ4n) is 2.61. The molecule has 0 aliphatic carbocycles. The van der Waals surface area contributed by atoms with E-state index in [-0.39, 0.29) is 18.0 Å². The molecule has 2 heterocycles. The average molecular weight is 425 g/mol. The second kappa shape index (κ2) is 8.82. The third kappa shape index (κ3) is 4.96. The van der Waals surface area contributed by atoms with E-state index in [2.05, 4.69) is 5.32 Å². The molecule has 2 aromatic rings. The number of morpholine rings is 1. The monoisotopic (exact) mass is 424 g/mol. The van der Waals surface area contributed by atoms with Crippen LogP contribution in [0.1, 0.15) is 14.5 Å².